The first-order valence-electron chi connectivity index (χ1n) is 9.24. The first kappa shape index (κ1) is 18.6. The van der Waals surface area contributed by atoms with Crippen molar-refractivity contribution in [1.29, 1.82) is 0 Å². The molecule has 0 saturated carbocycles. The standard InChI is InChI=1S/C24H19NO4/c1-14-12-17(13-22-23(27)20-6-4-5-7-21(20)24(22)28)15(2)25(14)18-8-10-19(11-9-18)29-16(3)26/h4-13H,1-3H3. The predicted octanol–water partition coefficient (Wildman–Crippen LogP) is 4.48. The smallest absolute Gasteiger partial charge is 0.308 e. The molecule has 0 amide bonds. The summed E-state index contributed by atoms with van der Waals surface area (Å²) in [5, 5.41) is 0. The summed E-state index contributed by atoms with van der Waals surface area (Å²) < 4.78 is 7.11. The van der Waals surface area contributed by atoms with Crippen LogP contribution in [0.4, 0.5) is 0 Å². The van der Waals surface area contributed by atoms with Gasteiger partial charge in [-0.25, -0.2) is 0 Å². The summed E-state index contributed by atoms with van der Waals surface area (Å²) in [4.78, 5) is 36.4. The fourth-order valence-electron chi connectivity index (χ4n) is 3.72. The second kappa shape index (κ2) is 7.02. The van der Waals surface area contributed by atoms with Crippen molar-refractivity contribution in [2.45, 2.75) is 20.8 Å². The summed E-state index contributed by atoms with van der Waals surface area (Å²) in [5.41, 5.74) is 4.69. The highest BCUT2D eigenvalue weighted by Gasteiger charge is 2.32. The molecule has 0 radical (unpaired) electrons. The Kier molecular flexibility index (Phi) is 4.51. The van der Waals surface area contributed by atoms with E-state index >= 15 is 0 Å². The minimum Gasteiger partial charge on any atom is -0.427 e. The van der Waals surface area contributed by atoms with E-state index in [9.17, 15) is 14.4 Å². The van der Waals surface area contributed by atoms with Crippen LogP contribution in [-0.2, 0) is 4.79 Å². The number of carbonyl (C=O) groups excluding carboxylic acids is 3. The Labute approximate surface area is 168 Å². The lowest BCUT2D eigenvalue weighted by molar-refractivity contribution is -0.131. The number of aromatic nitrogens is 1. The van der Waals surface area contributed by atoms with E-state index in [2.05, 4.69) is 0 Å². The van der Waals surface area contributed by atoms with Crippen molar-refractivity contribution < 1.29 is 19.1 Å². The van der Waals surface area contributed by atoms with Gasteiger partial charge in [0.25, 0.3) is 0 Å². The van der Waals surface area contributed by atoms with Crippen molar-refractivity contribution in [2.24, 2.45) is 0 Å². The van der Waals surface area contributed by atoms with Gasteiger partial charge >= 0.3 is 5.97 Å². The van der Waals surface area contributed by atoms with Gasteiger partial charge in [-0.1, -0.05) is 24.3 Å². The Bertz CT molecular complexity index is 1160. The molecular formula is C24H19NO4. The molecule has 2 aromatic carbocycles. The second-order valence-electron chi connectivity index (χ2n) is 7.01. The molecule has 0 bridgehead atoms. The number of Topliss-reactive ketones (excluding diaryl/α,β-unsaturated/α-hetero) is 2. The predicted molar refractivity (Wildman–Crippen MR) is 110 cm³/mol. The molecule has 0 N–H and O–H groups in total. The average molecular weight is 385 g/mol. The van der Waals surface area contributed by atoms with Crippen LogP contribution < -0.4 is 4.74 Å². The molecule has 144 valence electrons. The Balaban J connectivity index is 1.72. The minimum absolute atomic E-state index is 0.191. The number of carbonyl (C=O) groups is 3. The van der Waals surface area contributed by atoms with Crippen LogP contribution in [0, 0.1) is 13.8 Å². The third-order valence-electron chi connectivity index (χ3n) is 5.03. The van der Waals surface area contributed by atoms with Crippen molar-refractivity contribution in [3.05, 3.63) is 88.2 Å². The SMILES string of the molecule is CC(=O)Oc1ccc(-n2c(C)cc(C=C3C(=O)c4ccccc4C3=O)c2C)cc1. The first-order valence-corrected chi connectivity index (χ1v) is 9.24. The van der Waals surface area contributed by atoms with E-state index in [4.69, 9.17) is 4.74 Å². The second-order valence-corrected chi connectivity index (χ2v) is 7.01. The number of aryl methyl sites for hydroxylation is 1. The number of hydrogen-bond donors (Lipinski definition) is 0. The van der Waals surface area contributed by atoms with Crippen LogP contribution >= 0.6 is 0 Å². The van der Waals surface area contributed by atoms with Crippen molar-refractivity contribution in [3.63, 3.8) is 0 Å². The molecule has 1 aliphatic carbocycles. The van der Waals surface area contributed by atoms with Crippen LogP contribution in [-0.4, -0.2) is 22.1 Å². The lowest BCUT2D eigenvalue weighted by Gasteiger charge is -2.10. The maximum atomic E-state index is 12.7. The molecule has 5 heteroatoms. The Morgan fingerprint density at radius 2 is 1.52 bits per heavy atom. The number of benzene rings is 2. The van der Waals surface area contributed by atoms with Gasteiger partial charge in [-0.15, -0.1) is 0 Å². The average Bonchev–Trinajstić information content (AvgIpc) is 3.11. The molecule has 0 fully saturated rings. The summed E-state index contributed by atoms with van der Waals surface area (Å²) in [6.07, 6.45) is 1.68. The molecule has 4 rings (SSSR count). The molecule has 0 spiro atoms. The van der Waals surface area contributed by atoms with E-state index in [0.717, 1.165) is 22.6 Å². The third kappa shape index (κ3) is 3.21. The lowest BCUT2D eigenvalue weighted by Crippen LogP contribution is -2.03. The highest BCUT2D eigenvalue weighted by atomic mass is 16.5. The van der Waals surface area contributed by atoms with Crippen molar-refractivity contribution in [1.82, 2.24) is 4.57 Å². The molecule has 3 aromatic rings. The van der Waals surface area contributed by atoms with E-state index in [0.29, 0.717) is 16.9 Å². The van der Waals surface area contributed by atoms with Crippen molar-refractivity contribution in [3.8, 4) is 11.4 Å². The number of allylic oxidation sites excluding steroid dienone is 1. The fraction of sp³-hybridized carbons (Fsp3) is 0.125. The van der Waals surface area contributed by atoms with Crippen LogP contribution in [0.1, 0.15) is 44.6 Å². The fourth-order valence-corrected chi connectivity index (χ4v) is 3.72. The number of hydrogen-bond acceptors (Lipinski definition) is 4. The molecule has 1 heterocycles. The number of rotatable bonds is 3. The lowest BCUT2D eigenvalue weighted by atomic mass is 10.1. The Morgan fingerprint density at radius 1 is 0.931 bits per heavy atom. The summed E-state index contributed by atoms with van der Waals surface area (Å²) in [6.45, 7) is 5.26. The summed E-state index contributed by atoms with van der Waals surface area (Å²) in [5.74, 6) is -0.361. The minimum atomic E-state index is -0.369. The zero-order valence-electron chi connectivity index (χ0n) is 16.4. The summed E-state index contributed by atoms with van der Waals surface area (Å²) in [7, 11) is 0. The molecule has 29 heavy (non-hydrogen) atoms. The van der Waals surface area contributed by atoms with Gasteiger partial charge in [0, 0.05) is 35.1 Å². The highest BCUT2D eigenvalue weighted by Crippen LogP contribution is 2.30. The Morgan fingerprint density at radius 3 is 2.07 bits per heavy atom. The van der Waals surface area contributed by atoms with E-state index in [1.165, 1.54) is 6.92 Å². The number of ether oxygens (including phenoxy) is 1. The number of nitrogens with zero attached hydrogens (tertiary/aromatic N) is 1. The van der Waals surface area contributed by atoms with Gasteiger partial charge in [0.05, 0.1) is 5.57 Å². The van der Waals surface area contributed by atoms with E-state index in [1.807, 2.05) is 36.6 Å². The molecule has 0 aliphatic heterocycles. The van der Waals surface area contributed by atoms with E-state index in [1.54, 1.807) is 42.5 Å². The molecular weight excluding hydrogens is 366 g/mol. The first-order chi connectivity index (χ1) is 13.9. The van der Waals surface area contributed by atoms with Gasteiger partial charge in [-0.3, -0.25) is 14.4 Å². The normalized spacial score (nSPS) is 12.9. The third-order valence-corrected chi connectivity index (χ3v) is 5.03. The van der Waals surface area contributed by atoms with Crippen LogP contribution in [0.2, 0.25) is 0 Å². The molecule has 1 aromatic heterocycles. The van der Waals surface area contributed by atoms with E-state index < -0.39 is 0 Å². The van der Waals surface area contributed by atoms with Crippen LogP contribution in [0.3, 0.4) is 0 Å². The quantitative estimate of drug-likeness (QED) is 0.289. The van der Waals surface area contributed by atoms with Gasteiger partial charge in [-0.05, 0) is 55.8 Å². The van der Waals surface area contributed by atoms with Gasteiger partial charge < -0.3 is 9.30 Å². The maximum Gasteiger partial charge on any atom is 0.308 e. The molecule has 5 nitrogen and oxygen atoms in total. The van der Waals surface area contributed by atoms with Crippen LogP contribution in [0.25, 0.3) is 11.8 Å². The summed E-state index contributed by atoms with van der Waals surface area (Å²) >= 11 is 0. The van der Waals surface area contributed by atoms with Gasteiger partial charge in [-0.2, -0.15) is 0 Å². The molecule has 0 atom stereocenters. The Hall–Kier alpha value is -3.73. The zero-order chi connectivity index (χ0) is 20.7. The van der Waals surface area contributed by atoms with Gasteiger partial charge in [0.15, 0.2) is 11.6 Å². The number of esters is 1. The number of fused-ring (bicyclic) bond motifs is 1. The van der Waals surface area contributed by atoms with Crippen LogP contribution in [0.5, 0.6) is 5.75 Å². The van der Waals surface area contributed by atoms with Gasteiger partial charge in [0.2, 0.25) is 0 Å². The maximum absolute atomic E-state index is 12.7. The van der Waals surface area contributed by atoms with Crippen molar-refractivity contribution in [2.75, 3.05) is 0 Å². The van der Waals surface area contributed by atoms with E-state index in [-0.39, 0.29) is 23.1 Å². The topological polar surface area (TPSA) is 65.4 Å². The van der Waals surface area contributed by atoms with Crippen molar-refractivity contribution >= 4 is 23.6 Å². The number of ketones is 2. The molecule has 1 aliphatic rings. The zero-order valence-corrected chi connectivity index (χ0v) is 16.4. The molecule has 0 unspecified atom stereocenters. The summed E-state index contributed by atoms with van der Waals surface area (Å²) in [6, 6.07) is 16.0. The van der Waals surface area contributed by atoms with Crippen LogP contribution in [0.15, 0.2) is 60.2 Å². The highest BCUT2D eigenvalue weighted by molar-refractivity contribution is 6.41. The largest absolute Gasteiger partial charge is 0.427 e. The molecule has 0 saturated heterocycles. The van der Waals surface area contributed by atoms with Gasteiger partial charge in [0.1, 0.15) is 5.75 Å². The monoisotopic (exact) mass is 385 g/mol.